The Kier molecular flexibility index (Phi) is 8.70. The van der Waals surface area contributed by atoms with Gasteiger partial charge in [0.15, 0.2) is 0 Å². The summed E-state index contributed by atoms with van der Waals surface area (Å²) in [6.45, 7) is 2.14. The number of fused-ring (bicyclic) bond motifs is 1. The molecule has 1 aliphatic rings. The van der Waals surface area contributed by atoms with E-state index in [0.717, 1.165) is 32.0 Å². The number of hydrogen-bond acceptors (Lipinski definition) is 6. The molecular weight excluding hydrogens is 501 g/mol. The third-order valence-corrected chi connectivity index (χ3v) is 6.91. The van der Waals surface area contributed by atoms with Crippen molar-refractivity contribution in [1.29, 1.82) is 0 Å². The van der Waals surface area contributed by atoms with E-state index in [-0.39, 0.29) is 47.3 Å². The Balaban J connectivity index is 1.19. The third-order valence-electron chi connectivity index (χ3n) is 6.91. The lowest BCUT2D eigenvalue weighted by Crippen LogP contribution is -2.44. The van der Waals surface area contributed by atoms with Crippen molar-refractivity contribution in [3.05, 3.63) is 75.6 Å². The van der Waals surface area contributed by atoms with Gasteiger partial charge in [0.2, 0.25) is 11.5 Å². The van der Waals surface area contributed by atoms with Gasteiger partial charge in [-0.1, -0.05) is 24.3 Å². The average Bonchev–Trinajstić information content (AvgIpc) is 2.90. The maximum absolute atomic E-state index is 13.1. The smallest absolute Gasteiger partial charge is 0.416 e. The topological polar surface area (TPSA) is 118 Å². The second-order valence-electron chi connectivity index (χ2n) is 9.51. The fraction of sp³-hybridized carbons (Fsp3) is 0.407. The zero-order chi connectivity index (χ0) is 27.3. The van der Waals surface area contributed by atoms with Crippen LogP contribution in [0.3, 0.4) is 0 Å². The van der Waals surface area contributed by atoms with Crippen molar-refractivity contribution in [2.24, 2.45) is 0 Å². The molecule has 2 aromatic carbocycles. The van der Waals surface area contributed by atoms with Crippen molar-refractivity contribution < 1.29 is 28.2 Å². The third kappa shape index (κ3) is 6.91. The van der Waals surface area contributed by atoms with Crippen LogP contribution in [-0.2, 0) is 17.5 Å². The highest BCUT2D eigenvalue weighted by Crippen LogP contribution is 2.32. The van der Waals surface area contributed by atoms with Crippen LogP contribution in [0.5, 0.6) is 5.75 Å². The number of H-pyrrole nitrogens is 1. The maximum atomic E-state index is 13.1. The van der Waals surface area contributed by atoms with Crippen LogP contribution in [0.4, 0.5) is 13.2 Å². The number of aromatic nitrogens is 1. The number of aromatic amines is 1. The quantitative estimate of drug-likeness (QED) is 0.289. The molecule has 1 aliphatic heterocycles. The number of aliphatic hydroxyl groups excluding tert-OH is 1. The number of aromatic hydroxyl groups is 1. The minimum absolute atomic E-state index is 0.0380. The number of pyridine rings is 1. The predicted molar refractivity (Wildman–Crippen MR) is 137 cm³/mol. The summed E-state index contributed by atoms with van der Waals surface area (Å²) in [5, 5.41) is 27.3. The Bertz CT molecular complexity index is 1320. The first-order valence-corrected chi connectivity index (χ1v) is 12.5. The van der Waals surface area contributed by atoms with Gasteiger partial charge >= 0.3 is 6.18 Å². The average molecular weight is 533 g/mol. The van der Waals surface area contributed by atoms with Crippen molar-refractivity contribution >= 4 is 16.8 Å². The lowest BCUT2D eigenvalue weighted by molar-refractivity contribution is -0.138. The Morgan fingerprint density at radius 3 is 2.58 bits per heavy atom. The van der Waals surface area contributed by atoms with Crippen LogP contribution in [0.25, 0.3) is 10.9 Å². The van der Waals surface area contributed by atoms with Gasteiger partial charge in [0.1, 0.15) is 5.75 Å². The molecule has 0 saturated carbocycles. The molecule has 1 atom stereocenters. The number of carbonyl (C=O) groups excluding carboxylic acids is 1. The Morgan fingerprint density at radius 1 is 1.11 bits per heavy atom. The zero-order valence-corrected chi connectivity index (χ0v) is 20.7. The number of rotatable bonds is 9. The molecule has 38 heavy (non-hydrogen) atoms. The number of aliphatic hydroxyl groups is 1. The number of piperidine rings is 1. The maximum Gasteiger partial charge on any atom is 0.416 e. The minimum atomic E-state index is -4.46. The van der Waals surface area contributed by atoms with E-state index in [9.17, 15) is 33.0 Å². The molecule has 1 amide bonds. The molecule has 0 spiro atoms. The summed E-state index contributed by atoms with van der Waals surface area (Å²) < 4.78 is 39.3. The zero-order valence-electron chi connectivity index (χ0n) is 20.7. The minimum Gasteiger partial charge on any atom is -0.506 e. The number of alkyl halides is 3. The fourth-order valence-corrected chi connectivity index (χ4v) is 4.79. The number of benzene rings is 2. The molecule has 204 valence electrons. The van der Waals surface area contributed by atoms with Gasteiger partial charge in [-0.3, -0.25) is 9.59 Å². The number of phenols is 1. The van der Waals surface area contributed by atoms with Gasteiger partial charge in [0, 0.05) is 43.5 Å². The van der Waals surface area contributed by atoms with E-state index < -0.39 is 17.8 Å². The van der Waals surface area contributed by atoms with E-state index in [1.807, 2.05) is 0 Å². The largest absolute Gasteiger partial charge is 0.506 e. The molecule has 11 heteroatoms. The van der Waals surface area contributed by atoms with Crippen LogP contribution in [0.2, 0.25) is 0 Å². The highest BCUT2D eigenvalue weighted by molar-refractivity contribution is 5.87. The first kappa shape index (κ1) is 27.6. The highest BCUT2D eigenvalue weighted by atomic mass is 19.4. The van der Waals surface area contributed by atoms with E-state index in [4.69, 9.17) is 0 Å². The first-order valence-electron chi connectivity index (χ1n) is 12.5. The van der Waals surface area contributed by atoms with Crippen LogP contribution in [0, 0.1) is 0 Å². The molecule has 1 fully saturated rings. The Hall–Kier alpha value is -3.41. The normalized spacial score (nSPS) is 16.0. The predicted octanol–water partition coefficient (Wildman–Crippen LogP) is 3.05. The number of nitrogens with one attached hydrogen (secondary N) is 3. The van der Waals surface area contributed by atoms with Gasteiger partial charge in [-0.25, -0.2) is 0 Å². The van der Waals surface area contributed by atoms with Crippen LogP contribution in [-0.4, -0.2) is 58.2 Å². The first-order chi connectivity index (χ1) is 18.1. The summed E-state index contributed by atoms with van der Waals surface area (Å²) in [7, 11) is 0. The SMILES string of the molecule is O=C(CCN1CCC(NC[C@H](O)c2ccc(O)c3[nH]c(=O)ccc23)CC1)NCc1ccccc1C(F)(F)F. The lowest BCUT2D eigenvalue weighted by atomic mass is 10.0. The molecule has 0 radical (unpaired) electrons. The summed E-state index contributed by atoms with van der Waals surface area (Å²) in [5.74, 6) is -0.360. The van der Waals surface area contributed by atoms with E-state index in [2.05, 4.69) is 20.5 Å². The van der Waals surface area contributed by atoms with E-state index in [1.54, 1.807) is 12.1 Å². The molecule has 0 unspecified atom stereocenters. The van der Waals surface area contributed by atoms with Crippen molar-refractivity contribution in [2.75, 3.05) is 26.2 Å². The van der Waals surface area contributed by atoms with Crippen LogP contribution in [0.1, 0.15) is 42.1 Å². The van der Waals surface area contributed by atoms with E-state index in [1.165, 1.54) is 30.3 Å². The molecule has 2 heterocycles. The molecular formula is C27H31F3N4O4. The fourth-order valence-electron chi connectivity index (χ4n) is 4.79. The number of likely N-dealkylation sites (tertiary alicyclic amines) is 1. The van der Waals surface area contributed by atoms with Gasteiger partial charge in [0.05, 0.1) is 17.2 Å². The lowest BCUT2D eigenvalue weighted by Gasteiger charge is -2.32. The standard InChI is InChI=1S/C27H31F3N4O4/c28-27(29,30)21-4-2-1-3-17(21)15-32-24(37)11-14-34-12-9-18(10-13-34)31-16-23(36)19-5-7-22(35)26-20(19)6-8-25(38)33-26/h1-8,18,23,31,35-36H,9-16H2,(H,32,37)(H,33,38)/t23-/m0/s1. The summed E-state index contributed by atoms with van der Waals surface area (Å²) >= 11 is 0. The van der Waals surface area contributed by atoms with Crippen LogP contribution in [0.15, 0.2) is 53.3 Å². The second kappa shape index (κ2) is 12.0. The molecule has 1 aromatic heterocycles. The Labute approximate surface area is 217 Å². The number of nitrogens with zero attached hydrogens (tertiary/aromatic N) is 1. The summed E-state index contributed by atoms with van der Waals surface area (Å²) in [5.41, 5.74) is -0.156. The Morgan fingerprint density at radius 2 is 1.84 bits per heavy atom. The van der Waals surface area contributed by atoms with Crippen molar-refractivity contribution in [1.82, 2.24) is 20.5 Å². The number of phenolic OH excluding ortho intramolecular Hbond substituents is 1. The molecule has 5 N–H and O–H groups in total. The van der Waals surface area contributed by atoms with E-state index in [0.29, 0.717) is 24.0 Å². The number of hydrogen-bond donors (Lipinski definition) is 5. The summed E-state index contributed by atoms with van der Waals surface area (Å²) in [6.07, 6.45) is -3.48. The molecule has 0 aliphatic carbocycles. The number of amides is 1. The van der Waals surface area contributed by atoms with Crippen LogP contribution < -0.4 is 16.2 Å². The van der Waals surface area contributed by atoms with Gasteiger partial charge in [-0.05, 0) is 55.3 Å². The molecule has 4 rings (SSSR count). The van der Waals surface area contributed by atoms with Crippen molar-refractivity contribution in [3.63, 3.8) is 0 Å². The monoisotopic (exact) mass is 532 g/mol. The summed E-state index contributed by atoms with van der Waals surface area (Å²) in [6, 6.07) is 11.4. The highest BCUT2D eigenvalue weighted by Gasteiger charge is 2.32. The van der Waals surface area contributed by atoms with E-state index >= 15 is 0 Å². The van der Waals surface area contributed by atoms with Crippen LogP contribution >= 0.6 is 0 Å². The molecule has 8 nitrogen and oxygen atoms in total. The summed E-state index contributed by atoms with van der Waals surface area (Å²) in [4.78, 5) is 28.6. The van der Waals surface area contributed by atoms with Gasteiger partial charge < -0.3 is 30.7 Å². The second-order valence-corrected chi connectivity index (χ2v) is 9.51. The number of halogens is 3. The van der Waals surface area contributed by atoms with Crippen molar-refractivity contribution in [3.8, 4) is 5.75 Å². The van der Waals surface area contributed by atoms with Gasteiger partial charge in [-0.2, -0.15) is 13.2 Å². The van der Waals surface area contributed by atoms with Crippen molar-refractivity contribution in [2.45, 2.75) is 44.1 Å². The molecule has 3 aromatic rings. The number of carbonyl (C=O) groups is 1. The van der Waals surface area contributed by atoms with Gasteiger partial charge in [-0.15, -0.1) is 0 Å². The molecule has 1 saturated heterocycles. The molecule has 0 bridgehead atoms. The van der Waals surface area contributed by atoms with Gasteiger partial charge in [0.25, 0.3) is 0 Å².